The van der Waals surface area contributed by atoms with Crippen molar-refractivity contribution in [3.8, 4) is 11.6 Å². The summed E-state index contributed by atoms with van der Waals surface area (Å²) in [5.74, 6) is 1.33. The lowest BCUT2D eigenvalue weighted by molar-refractivity contribution is 0.0200. The topological polar surface area (TPSA) is 90.3 Å². The van der Waals surface area contributed by atoms with Crippen molar-refractivity contribution in [2.24, 2.45) is 0 Å². The van der Waals surface area contributed by atoms with E-state index in [-0.39, 0.29) is 24.3 Å². The number of aliphatic hydroxyl groups is 1. The molecule has 0 aliphatic carbocycles. The fourth-order valence-corrected chi connectivity index (χ4v) is 3.68. The molecule has 2 atom stereocenters. The number of aliphatic hydroxyl groups excluding tert-OH is 1. The van der Waals surface area contributed by atoms with Gasteiger partial charge in [0.1, 0.15) is 12.7 Å². The average Bonchev–Trinajstić information content (AvgIpc) is 3.46. The Morgan fingerprint density at radius 2 is 1.97 bits per heavy atom. The first-order valence-corrected chi connectivity index (χ1v) is 10.1. The minimum absolute atomic E-state index is 0.199. The monoisotopic (exact) mass is 426 g/mol. The maximum Gasteiger partial charge on any atom is 0.261 e. The Balaban J connectivity index is 1.70. The Hall–Kier alpha value is -3.07. The van der Waals surface area contributed by atoms with E-state index in [0.29, 0.717) is 43.4 Å². The van der Waals surface area contributed by atoms with E-state index in [1.54, 1.807) is 12.1 Å². The van der Waals surface area contributed by atoms with E-state index in [1.165, 1.54) is 13.4 Å². The molecule has 1 aliphatic rings. The molecule has 3 heterocycles. The summed E-state index contributed by atoms with van der Waals surface area (Å²) in [4.78, 5) is 2.16. The van der Waals surface area contributed by atoms with Gasteiger partial charge in [0.05, 0.1) is 38.2 Å². The van der Waals surface area contributed by atoms with Gasteiger partial charge in [-0.15, -0.1) is 6.58 Å². The number of ether oxygens (including phenoxy) is 3. The zero-order valence-electron chi connectivity index (χ0n) is 17.4. The second kappa shape index (κ2) is 9.82. The van der Waals surface area contributed by atoms with Gasteiger partial charge in [-0.05, 0) is 10.7 Å². The molecule has 1 saturated heterocycles. The predicted molar refractivity (Wildman–Crippen MR) is 112 cm³/mol. The van der Waals surface area contributed by atoms with Crippen LogP contribution in [0.2, 0.25) is 0 Å². The third-order valence-electron chi connectivity index (χ3n) is 5.27. The molecule has 164 valence electrons. The van der Waals surface area contributed by atoms with E-state index in [0.717, 1.165) is 5.56 Å². The molecule has 1 aliphatic heterocycles. The Bertz CT molecular complexity index is 977. The Labute approximate surface area is 180 Å². The molecule has 4 rings (SSSR count). The van der Waals surface area contributed by atoms with Crippen molar-refractivity contribution in [1.29, 1.82) is 0 Å². The van der Waals surface area contributed by atoms with Gasteiger partial charge < -0.3 is 28.3 Å². The van der Waals surface area contributed by atoms with Crippen molar-refractivity contribution < 1.29 is 28.3 Å². The second-order valence-electron chi connectivity index (χ2n) is 7.12. The fraction of sp³-hybridized carbons (Fsp3) is 0.348. The van der Waals surface area contributed by atoms with Crippen LogP contribution in [0.25, 0.3) is 0 Å². The molecule has 0 spiro atoms. The van der Waals surface area contributed by atoms with Gasteiger partial charge in [-0.3, -0.25) is 4.90 Å². The van der Waals surface area contributed by atoms with Gasteiger partial charge in [-0.1, -0.05) is 36.4 Å². The normalized spacial score (nSPS) is 16.6. The van der Waals surface area contributed by atoms with Crippen molar-refractivity contribution in [3.05, 3.63) is 78.0 Å². The molecule has 8 nitrogen and oxygen atoms in total. The largest absolute Gasteiger partial charge is 0.493 e. The van der Waals surface area contributed by atoms with Crippen molar-refractivity contribution in [2.75, 3.05) is 33.4 Å². The number of morpholine rings is 1. The van der Waals surface area contributed by atoms with Crippen LogP contribution in [0.1, 0.15) is 34.8 Å². The van der Waals surface area contributed by atoms with Crippen molar-refractivity contribution >= 4 is 0 Å². The number of hydrogen-bond acceptors (Lipinski definition) is 8. The molecule has 0 bridgehead atoms. The molecular formula is C23H26N2O6. The summed E-state index contributed by atoms with van der Waals surface area (Å²) < 4.78 is 28.0. The van der Waals surface area contributed by atoms with E-state index in [2.05, 4.69) is 16.6 Å². The zero-order chi connectivity index (χ0) is 21.6. The van der Waals surface area contributed by atoms with Crippen molar-refractivity contribution in [3.63, 3.8) is 0 Å². The highest BCUT2D eigenvalue weighted by molar-refractivity contribution is 5.41. The number of hydrogen-bond donors (Lipinski definition) is 1. The van der Waals surface area contributed by atoms with Crippen LogP contribution < -0.4 is 9.47 Å². The molecule has 31 heavy (non-hydrogen) atoms. The molecule has 2 aromatic heterocycles. The summed E-state index contributed by atoms with van der Waals surface area (Å²) in [6, 6.07) is 11.0. The first-order chi connectivity index (χ1) is 15.2. The quantitative estimate of drug-likeness (QED) is 0.520. The predicted octanol–water partition coefficient (Wildman–Crippen LogP) is 3.50. The number of aromatic nitrogens is 1. The molecule has 0 amide bonds. The van der Waals surface area contributed by atoms with Gasteiger partial charge in [0.2, 0.25) is 0 Å². The van der Waals surface area contributed by atoms with Crippen LogP contribution in [0.4, 0.5) is 0 Å². The minimum Gasteiger partial charge on any atom is -0.493 e. The lowest BCUT2D eigenvalue weighted by atomic mass is 10.0. The Kier molecular flexibility index (Phi) is 6.71. The molecule has 0 saturated carbocycles. The number of methoxy groups -OCH3 is 1. The van der Waals surface area contributed by atoms with Gasteiger partial charge >= 0.3 is 0 Å². The molecule has 8 heteroatoms. The van der Waals surface area contributed by atoms with Gasteiger partial charge in [-0.2, -0.15) is 0 Å². The van der Waals surface area contributed by atoms with Crippen LogP contribution in [0.15, 0.2) is 64.3 Å². The van der Waals surface area contributed by atoms with E-state index in [1.807, 2.05) is 30.3 Å². The Morgan fingerprint density at radius 3 is 2.68 bits per heavy atom. The van der Waals surface area contributed by atoms with E-state index < -0.39 is 6.10 Å². The van der Waals surface area contributed by atoms with Crippen LogP contribution >= 0.6 is 0 Å². The van der Waals surface area contributed by atoms with Gasteiger partial charge in [0.25, 0.3) is 5.88 Å². The first kappa shape index (κ1) is 21.2. The molecule has 1 aromatic carbocycles. The summed E-state index contributed by atoms with van der Waals surface area (Å²) in [6.07, 6.45) is 2.03. The van der Waals surface area contributed by atoms with E-state index >= 15 is 0 Å². The molecule has 1 unspecified atom stereocenters. The number of nitrogens with zero attached hydrogens (tertiary/aromatic N) is 2. The molecular weight excluding hydrogens is 400 g/mol. The molecule has 0 radical (unpaired) electrons. The average molecular weight is 426 g/mol. The van der Waals surface area contributed by atoms with E-state index in [4.69, 9.17) is 23.2 Å². The smallest absolute Gasteiger partial charge is 0.261 e. The highest BCUT2D eigenvalue weighted by Gasteiger charge is 2.35. The SMILES string of the molecule is C=C[C@@H](c1onc(OCc2ccccc2)c1C(O)c1occc1OC)N1CCOCC1. The lowest BCUT2D eigenvalue weighted by Crippen LogP contribution is -2.38. The van der Waals surface area contributed by atoms with Crippen LogP contribution in [0.3, 0.4) is 0 Å². The zero-order valence-corrected chi connectivity index (χ0v) is 17.4. The summed E-state index contributed by atoms with van der Waals surface area (Å²) in [5, 5.41) is 15.4. The molecule has 3 aromatic rings. The summed E-state index contributed by atoms with van der Waals surface area (Å²) >= 11 is 0. The van der Waals surface area contributed by atoms with Crippen LogP contribution in [-0.2, 0) is 11.3 Å². The van der Waals surface area contributed by atoms with Gasteiger partial charge in [-0.25, -0.2) is 0 Å². The molecule has 1 fully saturated rings. The minimum atomic E-state index is -1.19. The van der Waals surface area contributed by atoms with E-state index in [9.17, 15) is 5.11 Å². The number of benzene rings is 1. The van der Waals surface area contributed by atoms with Crippen LogP contribution in [0, 0.1) is 0 Å². The molecule has 1 N–H and O–H groups in total. The fourth-order valence-electron chi connectivity index (χ4n) is 3.68. The third-order valence-corrected chi connectivity index (χ3v) is 5.27. The standard InChI is InChI=1S/C23H26N2O6/c1-3-17(25-10-13-28-14-11-25)21-19(20(26)22-18(27-2)9-12-29-22)23(24-31-21)30-15-16-7-5-4-6-8-16/h3-9,12,17,20,26H,1,10-11,13-15H2,2H3/t17-,20?/m0/s1. The maximum atomic E-state index is 11.3. The van der Waals surface area contributed by atoms with Crippen LogP contribution in [-0.4, -0.2) is 48.6 Å². The first-order valence-electron chi connectivity index (χ1n) is 10.1. The summed E-state index contributed by atoms with van der Waals surface area (Å²) in [6.45, 7) is 6.88. The lowest BCUT2D eigenvalue weighted by Gasteiger charge is -2.31. The third kappa shape index (κ3) is 4.51. The summed E-state index contributed by atoms with van der Waals surface area (Å²) in [5.41, 5.74) is 1.36. The van der Waals surface area contributed by atoms with Crippen molar-refractivity contribution in [1.82, 2.24) is 10.1 Å². The Morgan fingerprint density at radius 1 is 1.19 bits per heavy atom. The number of furan rings is 1. The van der Waals surface area contributed by atoms with Crippen molar-refractivity contribution in [2.45, 2.75) is 18.8 Å². The van der Waals surface area contributed by atoms with Gasteiger partial charge in [0, 0.05) is 19.2 Å². The van der Waals surface area contributed by atoms with Gasteiger partial charge in [0.15, 0.2) is 17.3 Å². The summed E-state index contributed by atoms with van der Waals surface area (Å²) in [7, 11) is 1.52. The maximum absolute atomic E-state index is 11.3. The second-order valence-corrected chi connectivity index (χ2v) is 7.12. The van der Waals surface area contributed by atoms with Crippen LogP contribution in [0.5, 0.6) is 11.6 Å². The highest BCUT2D eigenvalue weighted by atomic mass is 16.5. The number of rotatable bonds is 9. The highest BCUT2D eigenvalue weighted by Crippen LogP contribution is 2.41.